The number of carbonyl (C=O) groups is 1. The maximum absolute atomic E-state index is 14.2. The molecule has 1 aromatic heterocycles. The van der Waals surface area contributed by atoms with Crippen LogP contribution in [0.25, 0.3) is 10.9 Å². The van der Waals surface area contributed by atoms with Crippen LogP contribution in [0.4, 0.5) is 13.2 Å². The third kappa shape index (κ3) is 4.07. The Labute approximate surface area is 212 Å². The lowest BCUT2D eigenvalue weighted by Gasteiger charge is -2.29. The molecule has 1 aliphatic rings. The average Bonchev–Trinajstić information content (AvgIpc) is 3.45. The van der Waals surface area contributed by atoms with Crippen molar-refractivity contribution >= 4 is 57.3 Å². The van der Waals surface area contributed by atoms with Gasteiger partial charge in [0.2, 0.25) is 0 Å². The van der Waals surface area contributed by atoms with Gasteiger partial charge in [-0.3, -0.25) is 9.36 Å². The minimum absolute atomic E-state index is 0.0508. The zero-order valence-electron chi connectivity index (χ0n) is 17.6. The van der Waals surface area contributed by atoms with E-state index in [1.807, 2.05) is 0 Å². The first-order valence-corrected chi connectivity index (χ1v) is 11.4. The molecule has 10 heteroatoms. The van der Waals surface area contributed by atoms with E-state index in [-0.39, 0.29) is 27.2 Å². The highest BCUT2D eigenvalue weighted by molar-refractivity contribution is 6.35. The van der Waals surface area contributed by atoms with Crippen LogP contribution >= 0.6 is 34.8 Å². The lowest BCUT2D eigenvalue weighted by molar-refractivity contribution is -0.275. The number of aromatic nitrogens is 1. The van der Waals surface area contributed by atoms with E-state index >= 15 is 0 Å². The normalized spacial score (nSPS) is 17.9. The van der Waals surface area contributed by atoms with E-state index in [1.54, 1.807) is 30.5 Å². The second-order valence-corrected chi connectivity index (χ2v) is 9.31. The minimum Gasteiger partial charge on any atom is -0.374 e. The smallest absolute Gasteiger partial charge is 0.374 e. The van der Waals surface area contributed by atoms with Gasteiger partial charge in [-0.05, 0) is 54.1 Å². The largest absolute Gasteiger partial charge is 0.435 e. The molecule has 0 fully saturated rings. The van der Waals surface area contributed by atoms with E-state index in [2.05, 4.69) is 5.16 Å². The molecular formula is C25H14Cl3F3N2O2. The van der Waals surface area contributed by atoms with Crippen LogP contribution < -0.4 is 0 Å². The summed E-state index contributed by atoms with van der Waals surface area (Å²) in [5.74, 6) is -0.309. The number of alkyl halides is 3. The van der Waals surface area contributed by atoms with Crippen molar-refractivity contribution in [3.8, 4) is 0 Å². The monoisotopic (exact) mass is 536 g/mol. The Morgan fingerprint density at radius 3 is 2.31 bits per heavy atom. The van der Waals surface area contributed by atoms with Gasteiger partial charge in [0.05, 0.1) is 11.2 Å². The van der Waals surface area contributed by atoms with Gasteiger partial charge in [-0.25, -0.2) is 0 Å². The molecule has 1 atom stereocenters. The van der Waals surface area contributed by atoms with E-state index in [0.29, 0.717) is 21.7 Å². The summed E-state index contributed by atoms with van der Waals surface area (Å²) in [5.41, 5.74) is -1.51. The molecule has 178 valence electrons. The molecule has 0 spiro atoms. The zero-order chi connectivity index (χ0) is 25.0. The highest BCUT2D eigenvalue weighted by Crippen LogP contribution is 2.49. The lowest BCUT2D eigenvalue weighted by atomic mass is 9.86. The molecule has 35 heavy (non-hydrogen) atoms. The molecule has 4 nitrogen and oxygen atoms in total. The highest BCUT2D eigenvalue weighted by atomic mass is 35.5. The fourth-order valence-corrected chi connectivity index (χ4v) is 4.86. The summed E-state index contributed by atoms with van der Waals surface area (Å²) in [4.78, 5) is 18.1. The maximum atomic E-state index is 14.2. The van der Waals surface area contributed by atoms with Crippen LogP contribution in [-0.2, 0) is 10.4 Å². The molecule has 0 N–H and O–H groups in total. The SMILES string of the molecule is O=C(c1ccc(C2=NOC(c3cc(Cl)cc(Cl)c3)(C(F)(F)F)C2)cc1)n1ccc2c(Cl)cccc21. The molecule has 0 saturated carbocycles. The highest BCUT2D eigenvalue weighted by Gasteiger charge is 2.62. The fraction of sp³-hybridized carbons (Fsp3) is 0.120. The van der Waals surface area contributed by atoms with Crippen molar-refractivity contribution in [3.05, 3.63) is 105 Å². The molecule has 0 radical (unpaired) electrons. The molecule has 0 amide bonds. The molecule has 1 aliphatic heterocycles. The van der Waals surface area contributed by atoms with Gasteiger partial charge in [0, 0.05) is 44.2 Å². The summed E-state index contributed by atoms with van der Waals surface area (Å²) in [6.07, 6.45) is -3.75. The van der Waals surface area contributed by atoms with Crippen LogP contribution in [-0.4, -0.2) is 22.4 Å². The molecular weight excluding hydrogens is 524 g/mol. The molecule has 0 bridgehead atoms. The van der Waals surface area contributed by atoms with Crippen LogP contribution in [0.15, 0.2) is 78.1 Å². The third-order valence-electron chi connectivity index (χ3n) is 5.88. The van der Waals surface area contributed by atoms with E-state index < -0.39 is 18.2 Å². The summed E-state index contributed by atoms with van der Waals surface area (Å²) in [5, 5.41) is 5.11. The lowest BCUT2D eigenvalue weighted by Crippen LogP contribution is -2.42. The number of rotatable bonds is 3. The maximum Gasteiger partial charge on any atom is 0.435 e. The molecule has 0 saturated heterocycles. The number of oxime groups is 1. The molecule has 5 rings (SSSR count). The first-order chi connectivity index (χ1) is 16.6. The van der Waals surface area contributed by atoms with Gasteiger partial charge in [0.15, 0.2) is 0 Å². The van der Waals surface area contributed by atoms with Gasteiger partial charge < -0.3 is 4.84 Å². The summed E-state index contributed by atoms with van der Waals surface area (Å²) < 4.78 is 44.0. The number of carbonyl (C=O) groups excluding carboxylic acids is 1. The average molecular weight is 538 g/mol. The molecule has 2 heterocycles. The second-order valence-electron chi connectivity index (χ2n) is 8.03. The van der Waals surface area contributed by atoms with Crippen molar-refractivity contribution in [1.82, 2.24) is 4.57 Å². The Hall–Kier alpha value is -3.00. The first kappa shape index (κ1) is 23.7. The van der Waals surface area contributed by atoms with Crippen LogP contribution in [0.2, 0.25) is 15.1 Å². The van der Waals surface area contributed by atoms with Gasteiger partial charge in [0.25, 0.3) is 11.5 Å². The fourth-order valence-electron chi connectivity index (χ4n) is 4.10. The van der Waals surface area contributed by atoms with Gasteiger partial charge in [-0.1, -0.05) is 58.2 Å². The van der Waals surface area contributed by atoms with Crippen molar-refractivity contribution in [2.75, 3.05) is 0 Å². The summed E-state index contributed by atoms with van der Waals surface area (Å²) in [6.45, 7) is 0. The molecule has 0 aliphatic carbocycles. The zero-order valence-corrected chi connectivity index (χ0v) is 19.9. The number of benzene rings is 3. The van der Waals surface area contributed by atoms with Crippen molar-refractivity contribution in [1.29, 1.82) is 0 Å². The number of halogens is 6. The van der Waals surface area contributed by atoms with Gasteiger partial charge in [0.1, 0.15) is 0 Å². The van der Waals surface area contributed by atoms with Crippen molar-refractivity contribution in [3.63, 3.8) is 0 Å². The molecule has 4 aromatic rings. The van der Waals surface area contributed by atoms with Crippen molar-refractivity contribution < 1.29 is 22.8 Å². The topological polar surface area (TPSA) is 43.6 Å². The Kier molecular flexibility index (Phi) is 5.82. The number of fused-ring (bicyclic) bond motifs is 1. The summed E-state index contributed by atoms with van der Waals surface area (Å²) in [7, 11) is 0. The van der Waals surface area contributed by atoms with E-state index in [4.69, 9.17) is 39.6 Å². The Balaban J connectivity index is 1.43. The standard InChI is InChI=1S/C25H14Cl3F3N2O2/c26-17-10-16(11-18(27)12-17)24(25(29,30)31)13-21(32-35-24)14-4-6-15(7-5-14)23(34)33-9-8-19-20(28)2-1-3-22(19)33/h1-12H,13H2. The summed E-state index contributed by atoms with van der Waals surface area (Å²) in [6, 6.07) is 16.8. The third-order valence-corrected chi connectivity index (χ3v) is 6.64. The van der Waals surface area contributed by atoms with Crippen LogP contribution in [0.3, 0.4) is 0 Å². The molecule has 1 unspecified atom stereocenters. The second kappa shape index (κ2) is 8.59. The Bertz CT molecular complexity index is 1480. The van der Waals surface area contributed by atoms with Crippen LogP contribution in [0, 0.1) is 0 Å². The van der Waals surface area contributed by atoms with Gasteiger partial charge in [-0.15, -0.1) is 0 Å². The van der Waals surface area contributed by atoms with Gasteiger partial charge in [-0.2, -0.15) is 13.2 Å². The van der Waals surface area contributed by atoms with E-state index in [1.165, 1.54) is 34.9 Å². The van der Waals surface area contributed by atoms with Crippen molar-refractivity contribution in [2.24, 2.45) is 5.16 Å². The number of hydrogen-bond acceptors (Lipinski definition) is 3. The van der Waals surface area contributed by atoms with Crippen LogP contribution in [0.1, 0.15) is 27.9 Å². The minimum atomic E-state index is -4.79. The van der Waals surface area contributed by atoms with Gasteiger partial charge >= 0.3 is 6.18 Å². The van der Waals surface area contributed by atoms with E-state index in [9.17, 15) is 18.0 Å². The molecule has 3 aromatic carbocycles. The number of nitrogens with zero attached hydrogens (tertiary/aromatic N) is 2. The predicted molar refractivity (Wildman–Crippen MR) is 130 cm³/mol. The number of hydrogen-bond donors (Lipinski definition) is 0. The Morgan fingerprint density at radius 2 is 1.66 bits per heavy atom. The Morgan fingerprint density at radius 1 is 0.971 bits per heavy atom. The van der Waals surface area contributed by atoms with Crippen LogP contribution in [0.5, 0.6) is 0 Å². The quantitative estimate of drug-likeness (QED) is 0.267. The van der Waals surface area contributed by atoms with Crippen molar-refractivity contribution in [2.45, 2.75) is 18.2 Å². The predicted octanol–water partition coefficient (Wildman–Crippen LogP) is 7.87. The van der Waals surface area contributed by atoms with E-state index in [0.717, 1.165) is 17.5 Å². The first-order valence-electron chi connectivity index (χ1n) is 10.3. The summed E-state index contributed by atoms with van der Waals surface area (Å²) >= 11 is 18.1.